The first-order chi connectivity index (χ1) is 22.5. The minimum Gasteiger partial charge on any atom is -0.492 e. The van der Waals surface area contributed by atoms with Crippen molar-refractivity contribution in [1.82, 2.24) is 10.2 Å². The quantitative estimate of drug-likeness (QED) is 0.144. The molecule has 0 heterocycles. The number of hydrogen-bond acceptors (Lipinski definition) is 5. The van der Waals surface area contributed by atoms with Crippen LogP contribution in [0.3, 0.4) is 0 Å². The van der Waals surface area contributed by atoms with Crippen molar-refractivity contribution in [2.75, 3.05) is 17.5 Å². The molecule has 0 saturated carbocycles. The molecule has 0 radical (unpaired) electrons. The van der Waals surface area contributed by atoms with Crippen molar-refractivity contribution in [2.45, 2.75) is 64.1 Å². The fourth-order valence-electron chi connectivity index (χ4n) is 5.07. The van der Waals surface area contributed by atoms with Crippen molar-refractivity contribution in [3.8, 4) is 5.75 Å². The lowest BCUT2D eigenvalue weighted by atomic mass is 10.0. The molecule has 0 aromatic heterocycles. The summed E-state index contributed by atoms with van der Waals surface area (Å²) in [5.41, 5.74) is 2.79. The van der Waals surface area contributed by atoms with Gasteiger partial charge in [0, 0.05) is 23.5 Å². The van der Waals surface area contributed by atoms with Crippen LogP contribution >= 0.6 is 15.9 Å². The topological polar surface area (TPSA) is 96.0 Å². The SMILES string of the molecule is CCOc1ccccc1N(CC(=O)N(Cc1ccc(Br)cc1)[C@@H](Cc1ccccc1)C(=O)N[C@H](C)CC)S(=O)(=O)c1ccc(C)cc1. The highest BCUT2D eigenvalue weighted by atomic mass is 79.9. The first kappa shape index (κ1) is 35.7. The van der Waals surface area contributed by atoms with Crippen LogP contribution in [-0.4, -0.2) is 50.4 Å². The highest BCUT2D eigenvalue weighted by molar-refractivity contribution is 9.10. The van der Waals surface area contributed by atoms with Gasteiger partial charge in [-0.2, -0.15) is 0 Å². The second-order valence-corrected chi connectivity index (χ2v) is 14.2. The lowest BCUT2D eigenvalue weighted by molar-refractivity contribution is -0.140. The monoisotopic (exact) mass is 719 g/mol. The van der Waals surface area contributed by atoms with Crippen LogP contribution in [0.2, 0.25) is 0 Å². The molecule has 10 heteroatoms. The van der Waals surface area contributed by atoms with E-state index in [4.69, 9.17) is 4.74 Å². The molecule has 4 aromatic carbocycles. The second kappa shape index (κ2) is 16.6. The Hall–Kier alpha value is -4.15. The number of carbonyl (C=O) groups excluding carboxylic acids is 2. The number of carbonyl (C=O) groups is 2. The van der Waals surface area contributed by atoms with E-state index in [0.29, 0.717) is 18.8 Å². The Morgan fingerprint density at radius 3 is 2.13 bits per heavy atom. The van der Waals surface area contributed by atoms with E-state index in [1.54, 1.807) is 36.4 Å². The minimum atomic E-state index is -4.25. The first-order valence-electron chi connectivity index (χ1n) is 15.7. The van der Waals surface area contributed by atoms with Gasteiger partial charge >= 0.3 is 0 Å². The van der Waals surface area contributed by atoms with Crippen LogP contribution in [0.15, 0.2) is 112 Å². The summed E-state index contributed by atoms with van der Waals surface area (Å²) >= 11 is 3.47. The summed E-state index contributed by atoms with van der Waals surface area (Å²) in [6.07, 6.45) is 0.951. The van der Waals surface area contributed by atoms with Crippen LogP contribution in [0.5, 0.6) is 5.75 Å². The largest absolute Gasteiger partial charge is 0.492 e. The molecule has 47 heavy (non-hydrogen) atoms. The summed E-state index contributed by atoms with van der Waals surface area (Å²) in [4.78, 5) is 30.2. The number of para-hydroxylation sites is 2. The third-order valence-corrected chi connectivity index (χ3v) is 10.2. The fraction of sp³-hybridized carbons (Fsp3) is 0.297. The minimum absolute atomic E-state index is 0.0389. The Bertz CT molecular complexity index is 1730. The third kappa shape index (κ3) is 9.45. The van der Waals surface area contributed by atoms with Gasteiger partial charge in [0.2, 0.25) is 11.8 Å². The number of rotatable bonds is 15. The lowest BCUT2D eigenvalue weighted by Crippen LogP contribution is -2.54. The predicted octanol–water partition coefficient (Wildman–Crippen LogP) is 6.91. The number of halogens is 1. The van der Waals surface area contributed by atoms with Gasteiger partial charge in [-0.15, -0.1) is 0 Å². The van der Waals surface area contributed by atoms with Crippen LogP contribution < -0.4 is 14.4 Å². The first-order valence-corrected chi connectivity index (χ1v) is 18.0. The molecule has 8 nitrogen and oxygen atoms in total. The highest BCUT2D eigenvalue weighted by Crippen LogP contribution is 2.33. The van der Waals surface area contributed by atoms with Gasteiger partial charge in [0.1, 0.15) is 18.3 Å². The van der Waals surface area contributed by atoms with Gasteiger partial charge in [-0.1, -0.05) is 95.1 Å². The number of amides is 2. The van der Waals surface area contributed by atoms with Gasteiger partial charge < -0.3 is 15.0 Å². The van der Waals surface area contributed by atoms with Gasteiger partial charge in [0.05, 0.1) is 17.2 Å². The van der Waals surface area contributed by atoms with Crippen LogP contribution in [-0.2, 0) is 32.6 Å². The zero-order valence-electron chi connectivity index (χ0n) is 27.2. The number of anilines is 1. The van der Waals surface area contributed by atoms with Crippen molar-refractivity contribution in [3.63, 3.8) is 0 Å². The number of benzene rings is 4. The van der Waals surface area contributed by atoms with Crippen molar-refractivity contribution in [1.29, 1.82) is 0 Å². The average molecular weight is 721 g/mol. The summed E-state index contributed by atoms with van der Waals surface area (Å²) < 4.78 is 36.5. The molecular weight excluding hydrogens is 678 g/mol. The zero-order chi connectivity index (χ0) is 34.0. The van der Waals surface area contributed by atoms with Crippen molar-refractivity contribution in [2.24, 2.45) is 0 Å². The summed E-state index contributed by atoms with van der Waals surface area (Å²) in [6, 6.07) is 29.2. The molecule has 2 amide bonds. The summed E-state index contributed by atoms with van der Waals surface area (Å²) in [5, 5.41) is 3.06. The Labute approximate surface area is 286 Å². The maximum Gasteiger partial charge on any atom is 0.264 e. The molecule has 0 aliphatic carbocycles. The molecule has 0 aliphatic rings. The molecule has 2 atom stereocenters. The average Bonchev–Trinajstić information content (AvgIpc) is 3.07. The summed E-state index contributed by atoms with van der Waals surface area (Å²) in [5.74, 6) is -0.514. The van der Waals surface area contributed by atoms with Gasteiger partial charge in [0.25, 0.3) is 10.0 Å². The number of nitrogens with zero attached hydrogens (tertiary/aromatic N) is 2. The van der Waals surface area contributed by atoms with E-state index in [1.165, 1.54) is 17.0 Å². The molecule has 248 valence electrons. The van der Waals surface area contributed by atoms with Gasteiger partial charge in [-0.05, 0) is 74.7 Å². The van der Waals surface area contributed by atoms with Crippen LogP contribution in [0.25, 0.3) is 0 Å². The normalized spacial score (nSPS) is 12.5. The summed E-state index contributed by atoms with van der Waals surface area (Å²) in [7, 11) is -4.25. The number of nitrogens with one attached hydrogen (secondary N) is 1. The van der Waals surface area contributed by atoms with Gasteiger partial charge in [-0.3, -0.25) is 13.9 Å². The lowest BCUT2D eigenvalue weighted by Gasteiger charge is -2.34. The molecule has 1 N–H and O–H groups in total. The zero-order valence-corrected chi connectivity index (χ0v) is 29.6. The smallest absolute Gasteiger partial charge is 0.264 e. The Morgan fingerprint density at radius 1 is 0.851 bits per heavy atom. The van der Waals surface area contributed by atoms with E-state index < -0.39 is 28.5 Å². The molecular formula is C37H42BrN3O5S. The van der Waals surface area contributed by atoms with E-state index in [2.05, 4.69) is 21.2 Å². The van der Waals surface area contributed by atoms with Crippen molar-refractivity contribution in [3.05, 3.63) is 124 Å². The van der Waals surface area contributed by atoms with E-state index in [1.807, 2.05) is 82.3 Å². The molecule has 0 spiro atoms. The molecule has 4 rings (SSSR count). The van der Waals surface area contributed by atoms with E-state index in [-0.39, 0.29) is 35.5 Å². The van der Waals surface area contributed by atoms with Gasteiger partial charge in [0.15, 0.2) is 0 Å². The number of aryl methyl sites for hydroxylation is 1. The fourth-order valence-corrected chi connectivity index (χ4v) is 6.76. The van der Waals surface area contributed by atoms with Crippen molar-refractivity contribution >= 4 is 43.5 Å². The second-order valence-electron chi connectivity index (χ2n) is 11.4. The van der Waals surface area contributed by atoms with Gasteiger partial charge in [-0.25, -0.2) is 8.42 Å². The Morgan fingerprint density at radius 2 is 1.49 bits per heavy atom. The Balaban J connectivity index is 1.84. The summed E-state index contributed by atoms with van der Waals surface area (Å²) in [6.45, 7) is 7.41. The molecule has 0 aliphatic heterocycles. The maximum absolute atomic E-state index is 14.7. The third-order valence-electron chi connectivity index (χ3n) is 7.86. The highest BCUT2D eigenvalue weighted by Gasteiger charge is 2.35. The molecule has 0 unspecified atom stereocenters. The molecule has 0 fully saturated rings. The Kier molecular flexibility index (Phi) is 12.6. The molecule has 0 bridgehead atoms. The van der Waals surface area contributed by atoms with E-state index in [0.717, 1.165) is 25.5 Å². The number of hydrogen-bond donors (Lipinski definition) is 1. The standard InChI is InChI=1S/C37H42BrN3O5S/c1-5-28(4)39-37(43)34(24-29-12-8-7-9-13-29)40(25-30-18-20-31(38)21-19-30)36(42)26-41(33-14-10-11-15-35(33)46-6-2)47(44,45)32-22-16-27(3)17-23-32/h7-23,28,34H,5-6,24-26H2,1-4H3,(H,39,43)/t28-,34+/m1/s1. The molecule has 0 saturated heterocycles. The molecule has 4 aromatic rings. The predicted molar refractivity (Wildman–Crippen MR) is 190 cm³/mol. The van der Waals surface area contributed by atoms with E-state index >= 15 is 0 Å². The van der Waals surface area contributed by atoms with Crippen molar-refractivity contribution < 1.29 is 22.7 Å². The van der Waals surface area contributed by atoms with E-state index in [9.17, 15) is 18.0 Å². The van der Waals surface area contributed by atoms with Crippen LogP contribution in [0, 0.1) is 6.92 Å². The van der Waals surface area contributed by atoms with Crippen LogP contribution in [0.4, 0.5) is 5.69 Å². The number of ether oxygens (including phenoxy) is 1. The van der Waals surface area contributed by atoms with Crippen LogP contribution in [0.1, 0.15) is 43.9 Å². The number of sulfonamides is 1. The maximum atomic E-state index is 14.7.